The van der Waals surface area contributed by atoms with Gasteiger partial charge >= 0.3 is 0 Å². The third kappa shape index (κ3) is 11.7. The Bertz CT molecular complexity index is 2000. The monoisotopic (exact) mass is 1160 g/mol. The zero-order valence-electron chi connectivity index (χ0n) is 46.8. The van der Waals surface area contributed by atoms with Gasteiger partial charge in [-0.15, -0.1) is 0 Å². The maximum Gasteiger partial charge on any atom is 0.187 e. The summed E-state index contributed by atoms with van der Waals surface area (Å²) in [6.45, 7) is 7.00. The molecule has 10 aliphatic rings. The first-order valence-electron chi connectivity index (χ1n) is 29.6. The van der Waals surface area contributed by atoms with Crippen molar-refractivity contribution in [3.63, 3.8) is 0 Å². The Morgan fingerprint density at radius 3 is 1.63 bits per heavy atom. The first kappa shape index (κ1) is 62.8. The largest absolute Gasteiger partial charge is 0.394 e. The van der Waals surface area contributed by atoms with Gasteiger partial charge in [0, 0.05) is 24.9 Å². The third-order valence-electron chi connectivity index (χ3n) is 21.1. The Kier molecular flexibility index (Phi) is 19.7. The standard InChI is InChI=1S/C56H92O25/c1-24-7-13-56(74-21-24)25(2)37-32(81-56)16-31-29-6-5-27-15-28(8-11-54(27,3)30(29)9-12-55(31,37)4)71-14-10-26(22-72-50-46(69)42(65)48(35(19-59)77-50)79-52-44(67)40(63)38(61)33(17-57)75-52)23-73-51-47(70)43(66)49(36(20-60)78-51)80-53-45(68)41(64)39(62)34(18-58)76-53/h5,24-26,28-53,57-70H,6-23H2,1-4H3/t24-,25+,26?,28+,29-,30+,31+,32+,33?,34?,35?,36?,37-,38-,39-,40+,41+,42-,43-,44?,45?,46?,47?,48-,49-,50-,51-,52-,53-,54+,55+,56-/m1/s1. The number of rotatable bonds is 18. The van der Waals surface area contributed by atoms with Gasteiger partial charge < -0.3 is 124 Å². The maximum atomic E-state index is 11.3. The van der Waals surface area contributed by atoms with E-state index in [1.807, 2.05) is 0 Å². The highest BCUT2D eigenvalue weighted by atomic mass is 16.8. The maximum absolute atomic E-state index is 11.3. The van der Waals surface area contributed by atoms with E-state index in [-0.39, 0.29) is 49.3 Å². The Morgan fingerprint density at radius 1 is 0.580 bits per heavy atom. The fourth-order valence-electron chi connectivity index (χ4n) is 16.3. The summed E-state index contributed by atoms with van der Waals surface area (Å²) in [6, 6.07) is 0. The van der Waals surface area contributed by atoms with Crippen LogP contribution in [0.1, 0.15) is 91.9 Å². The molecular weight excluding hydrogens is 1070 g/mol. The molecule has 10 rings (SSSR count). The molecule has 6 aliphatic heterocycles. The van der Waals surface area contributed by atoms with E-state index in [1.165, 1.54) is 18.4 Å². The minimum absolute atomic E-state index is 0.0374. The number of aliphatic hydroxyl groups is 14. The van der Waals surface area contributed by atoms with E-state index >= 15 is 0 Å². The first-order chi connectivity index (χ1) is 38.6. The predicted molar refractivity (Wildman–Crippen MR) is 274 cm³/mol. The minimum atomic E-state index is -1.86. The topological polar surface area (TPSA) is 385 Å². The summed E-state index contributed by atoms with van der Waals surface area (Å²) in [6.07, 6.45) is -21.3. The van der Waals surface area contributed by atoms with Gasteiger partial charge in [-0.3, -0.25) is 0 Å². The molecule has 14 N–H and O–H groups in total. The van der Waals surface area contributed by atoms with E-state index in [1.54, 1.807) is 0 Å². The van der Waals surface area contributed by atoms with Crippen molar-refractivity contribution in [2.45, 2.75) is 233 Å². The van der Waals surface area contributed by atoms with Crippen LogP contribution >= 0.6 is 0 Å². The second-order valence-electron chi connectivity index (χ2n) is 25.8. The van der Waals surface area contributed by atoms with Crippen molar-refractivity contribution >= 4 is 0 Å². The van der Waals surface area contributed by atoms with Crippen molar-refractivity contribution in [1.29, 1.82) is 0 Å². The van der Waals surface area contributed by atoms with Crippen molar-refractivity contribution in [1.82, 2.24) is 0 Å². The lowest BCUT2D eigenvalue weighted by atomic mass is 9.47. The predicted octanol–water partition coefficient (Wildman–Crippen LogP) is -2.97. The lowest BCUT2D eigenvalue weighted by Gasteiger charge is -2.58. The van der Waals surface area contributed by atoms with Gasteiger partial charge in [-0.2, -0.15) is 0 Å². The normalized spacial score (nSPS) is 53.1. The van der Waals surface area contributed by atoms with Gasteiger partial charge in [-0.05, 0) is 98.2 Å². The number of fused-ring (bicyclic) bond motifs is 7. The Morgan fingerprint density at radius 2 is 1.11 bits per heavy atom. The second kappa shape index (κ2) is 25.5. The van der Waals surface area contributed by atoms with Crippen molar-refractivity contribution < 1.29 is 124 Å². The molecule has 4 aliphatic carbocycles. The molecule has 0 aromatic carbocycles. The van der Waals surface area contributed by atoms with Crippen LogP contribution in [0.15, 0.2) is 11.6 Å². The van der Waals surface area contributed by atoms with Crippen LogP contribution in [0.5, 0.6) is 0 Å². The fraction of sp³-hybridized carbons (Fsp3) is 0.964. The number of aliphatic hydroxyl groups excluding tert-OH is 14. The van der Waals surface area contributed by atoms with E-state index < -0.39 is 161 Å². The summed E-state index contributed by atoms with van der Waals surface area (Å²) in [5.41, 5.74) is 1.66. The van der Waals surface area contributed by atoms with Gasteiger partial charge in [0.2, 0.25) is 0 Å². The second-order valence-corrected chi connectivity index (χ2v) is 25.8. The Hall–Kier alpha value is -1.26. The van der Waals surface area contributed by atoms with Gasteiger partial charge in [0.1, 0.15) is 97.7 Å². The van der Waals surface area contributed by atoms with E-state index in [0.29, 0.717) is 35.5 Å². The molecule has 0 aromatic heterocycles. The van der Waals surface area contributed by atoms with Crippen molar-refractivity contribution in [2.75, 3.05) is 52.9 Å². The molecule has 6 saturated heterocycles. The van der Waals surface area contributed by atoms with Crippen LogP contribution in [0, 0.1) is 52.3 Å². The summed E-state index contributed by atoms with van der Waals surface area (Å²) < 4.78 is 66.5. The Balaban J connectivity index is 0.784. The molecule has 0 aromatic rings. The molecule has 9 fully saturated rings. The van der Waals surface area contributed by atoms with Crippen LogP contribution in [0.2, 0.25) is 0 Å². The van der Waals surface area contributed by atoms with Crippen LogP contribution in [0.25, 0.3) is 0 Å². The van der Waals surface area contributed by atoms with Crippen LogP contribution < -0.4 is 0 Å². The van der Waals surface area contributed by atoms with E-state index in [0.717, 1.165) is 51.6 Å². The smallest absolute Gasteiger partial charge is 0.187 e. The average molecular weight is 1170 g/mol. The summed E-state index contributed by atoms with van der Waals surface area (Å²) in [4.78, 5) is 0. The lowest BCUT2D eigenvalue weighted by molar-refractivity contribution is -0.363. The minimum Gasteiger partial charge on any atom is -0.394 e. The van der Waals surface area contributed by atoms with Crippen molar-refractivity contribution in [3.8, 4) is 0 Å². The van der Waals surface area contributed by atoms with E-state index in [2.05, 4.69) is 33.8 Å². The third-order valence-corrected chi connectivity index (χ3v) is 21.1. The fourth-order valence-corrected chi connectivity index (χ4v) is 16.3. The van der Waals surface area contributed by atoms with Gasteiger partial charge in [-0.1, -0.05) is 39.3 Å². The van der Waals surface area contributed by atoms with Gasteiger partial charge in [-0.25, -0.2) is 0 Å². The molecule has 0 amide bonds. The molecule has 81 heavy (non-hydrogen) atoms. The zero-order valence-corrected chi connectivity index (χ0v) is 46.8. The SMILES string of the molecule is C[C@@H]1CC[C@@]2(OC1)O[C@H]1C[C@H]3[C@@H]4CC=C5C[C@@H](OCCC(CO[C@@H]6OC(CO)[C@@H](O[C@H]7OC(CO)[C@@H](O)[C@H](O)C7O)[C@H](O)C6O)CO[C@@H]6OC(CO)[C@@H](O[C@H]7OC(CO)[C@@H](O)[C@H](O)C7O)[C@H](O)C6O)CC[C@]5(C)[C@H]4CC[C@]3(C)[C@@H]1[C@@H]2C. The number of hydrogen-bond donors (Lipinski definition) is 14. The van der Waals surface area contributed by atoms with Crippen molar-refractivity contribution in [3.05, 3.63) is 11.6 Å². The first-order valence-corrected chi connectivity index (χ1v) is 29.6. The highest BCUT2D eigenvalue weighted by Crippen LogP contribution is 2.70. The number of ether oxygens (including phenoxy) is 11. The van der Waals surface area contributed by atoms with Gasteiger partial charge in [0.25, 0.3) is 0 Å². The Labute approximate surface area is 471 Å². The van der Waals surface area contributed by atoms with Crippen LogP contribution in [0.4, 0.5) is 0 Å². The molecule has 25 heteroatoms. The summed E-state index contributed by atoms with van der Waals surface area (Å²) in [5, 5.41) is 148. The summed E-state index contributed by atoms with van der Waals surface area (Å²) in [7, 11) is 0. The quantitative estimate of drug-likeness (QED) is 0.0609. The summed E-state index contributed by atoms with van der Waals surface area (Å²) in [5.74, 6) is 1.99. The molecule has 3 saturated carbocycles. The molecule has 25 nitrogen and oxygen atoms in total. The van der Waals surface area contributed by atoms with Crippen LogP contribution in [-0.4, -0.2) is 265 Å². The molecule has 1 spiro atoms. The lowest BCUT2D eigenvalue weighted by Crippen LogP contribution is -2.65. The van der Waals surface area contributed by atoms with Crippen LogP contribution in [-0.2, 0) is 52.1 Å². The number of hydrogen-bond acceptors (Lipinski definition) is 25. The molecular formula is C56H92O25. The molecule has 466 valence electrons. The highest BCUT2D eigenvalue weighted by molar-refractivity contribution is 5.26. The zero-order chi connectivity index (χ0) is 58.0. The molecule has 6 heterocycles. The molecule has 0 bridgehead atoms. The van der Waals surface area contributed by atoms with Crippen LogP contribution in [0.3, 0.4) is 0 Å². The average Bonchev–Trinajstić information content (AvgIpc) is 3.70. The molecule has 8 unspecified atom stereocenters. The molecule has 0 radical (unpaired) electrons. The van der Waals surface area contributed by atoms with Crippen molar-refractivity contribution in [2.24, 2.45) is 52.3 Å². The molecule has 31 atom stereocenters. The van der Waals surface area contributed by atoms with Gasteiger partial charge in [0.15, 0.2) is 30.9 Å². The van der Waals surface area contributed by atoms with Gasteiger partial charge in [0.05, 0.1) is 58.5 Å². The van der Waals surface area contributed by atoms with E-state index in [9.17, 15) is 71.5 Å². The highest BCUT2D eigenvalue weighted by Gasteiger charge is 2.69. The van der Waals surface area contributed by atoms with E-state index in [4.69, 9.17) is 52.1 Å². The summed E-state index contributed by atoms with van der Waals surface area (Å²) >= 11 is 0. The number of allylic oxidation sites excluding steroid dienone is 1.